The van der Waals surface area contributed by atoms with Crippen molar-refractivity contribution in [3.05, 3.63) is 81.5 Å². The molecule has 4 aromatic rings. The molecule has 0 aliphatic carbocycles. The lowest BCUT2D eigenvalue weighted by atomic mass is 10.2. The summed E-state index contributed by atoms with van der Waals surface area (Å²) < 4.78 is 14.5. The molecule has 4 rings (SSSR count). The number of fused-ring (bicyclic) bond motifs is 1. The lowest BCUT2D eigenvalue weighted by Crippen LogP contribution is -2.23. The number of anilines is 1. The van der Waals surface area contributed by atoms with E-state index < -0.39 is 0 Å². The Labute approximate surface area is 200 Å². The van der Waals surface area contributed by atoms with Crippen LogP contribution in [0.4, 0.5) is 5.69 Å². The molecule has 0 fully saturated rings. The van der Waals surface area contributed by atoms with E-state index in [4.69, 9.17) is 21.1 Å². The summed E-state index contributed by atoms with van der Waals surface area (Å²) in [5, 5.41) is 3.18. The van der Waals surface area contributed by atoms with Gasteiger partial charge in [0.25, 0.3) is 17.2 Å². The molecule has 2 heterocycles. The first-order chi connectivity index (χ1) is 16.3. The molecular weight excluding hydrogens is 458 g/mol. The predicted octanol–water partition coefficient (Wildman–Crippen LogP) is 4.03. The van der Waals surface area contributed by atoms with Crippen LogP contribution in [0, 0.1) is 6.92 Å². The van der Waals surface area contributed by atoms with E-state index in [1.54, 1.807) is 35.3 Å². The minimum atomic E-state index is -0.370. The standard InChI is InChI=1S/C24H24ClN5O4/c1-15(2)29-14-26-24-27-18(11-23(32)30(24)29)12-34-21-8-7-17(25)10-20(21)28-22(31)13-33-19-6-4-5-16(3)9-19/h4-11,14-15H,12-13H2,1-3H3,(H,28,31). The number of aromatic nitrogens is 4. The van der Waals surface area contributed by atoms with E-state index in [1.165, 1.54) is 10.6 Å². The summed E-state index contributed by atoms with van der Waals surface area (Å²) in [5.74, 6) is 0.900. The van der Waals surface area contributed by atoms with Gasteiger partial charge in [-0.3, -0.25) is 14.3 Å². The molecule has 0 saturated heterocycles. The van der Waals surface area contributed by atoms with Crippen molar-refractivity contribution in [1.82, 2.24) is 19.2 Å². The van der Waals surface area contributed by atoms with Crippen molar-refractivity contribution in [2.24, 2.45) is 0 Å². The van der Waals surface area contributed by atoms with Crippen molar-refractivity contribution in [2.75, 3.05) is 11.9 Å². The second kappa shape index (κ2) is 9.96. The molecule has 2 aromatic carbocycles. The highest BCUT2D eigenvalue weighted by Crippen LogP contribution is 2.28. The van der Waals surface area contributed by atoms with Crippen LogP contribution in [0.3, 0.4) is 0 Å². The maximum Gasteiger partial charge on any atom is 0.274 e. The van der Waals surface area contributed by atoms with Gasteiger partial charge >= 0.3 is 0 Å². The van der Waals surface area contributed by atoms with Crippen LogP contribution >= 0.6 is 11.6 Å². The van der Waals surface area contributed by atoms with Crippen LogP contribution in [0.2, 0.25) is 5.02 Å². The first-order valence-corrected chi connectivity index (χ1v) is 11.1. The molecule has 0 unspecified atom stereocenters. The average Bonchev–Trinajstić information content (AvgIpc) is 3.22. The molecule has 0 spiro atoms. The maximum absolute atomic E-state index is 12.6. The Bertz CT molecular complexity index is 1400. The normalized spacial score (nSPS) is 11.1. The summed E-state index contributed by atoms with van der Waals surface area (Å²) in [5.41, 5.74) is 1.57. The van der Waals surface area contributed by atoms with Gasteiger partial charge < -0.3 is 14.8 Å². The molecule has 1 amide bonds. The molecule has 0 bridgehead atoms. The number of halogens is 1. The third-order valence-electron chi connectivity index (χ3n) is 4.93. The van der Waals surface area contributed by atoms with Crippen LogP contribution < -0.4 is 20.3 Å². The Morgan fingerprint density at radius 1 is 1.15 bits per heavy atom. The zero-order chi connectivity index (χ0) is 24.2. The molecule has 0 aliphatic rings. The Morgan fingerprint density at radius 2 is 1.97 bits per heavy atom. The first-order valence-electron chi connectivity index (χ1n) is 10.7. The fraction of sp³-hybridized carbons (Fsp3) is 0.250. The van der Waals surface area contributed by atoms with Gasteiger partial charge in [0.1, 0.15) is 24.4 Å². The number of rotatable bonds is 8. The summed E-state index contributed by atoms with van der Waals surface area (Å²) in [6, 6.07) is 13.7. The number of hydrogen-bond donors (Lipinski definition) is 1. The smallest absolute Gasteiger partial charge is 0.274 e. The van der Waals surface area contributed by atoms with Crippen molar-refractivity contribution in [1.29, 1.82) is 0 Å². The zero-order valence-electron chi connectivity index (χ0n) is 19.0. The molecular formula is C24H24ClN5O4. The van der Waals surface area contributed by atoms with E-state index >= 15 is 0 Å². The predicted molar refractivity (Wildman–Crippen MR) is 129 cm³/mol. The average molecular weight is 482 g/mol. The maximum atomic E-state index is 12.6. The lowest BCUT2D eigenvalue weighted by molar-refractivity contribution is -0.118. The Hall–Kier alpha value is -3.85. The molecule has 34 heavy (non-hydrogen) atoms. The number of hydrogen-bond acceptors (Lipinski definition) is 6. The number of carbonyl (C=O) groups is 1. The van der Waals surface area contributed by atoms with Crippen LogP contribution in [0.1, 0.15) is 31.1 Å². The van der Waals surface area contributed by atoms with Gasteiger partial charge in [0.2, 0.25) is 0 Å². The van der Waals surface area contributed by atoms with E-state index in [9.17, 15) is 9.59 Å². The van der Waals surface area contributed by atoms with Crippen molar-refractivity contribution < 1.29 is 14.3 Å². The SMILES string of the molecule is Cc1cccc(OCC(=O)Nc2cc(Cl)ccc2OCc2cc(=O)n3c(ncn3C(C)C)n2)c1. The molecule has 0 radical (unpaired) electrons. The number of benzene rings is 2. The minimum absolute atomic E-state index is 0.00454. The molecule has 2 aromatic heterocycles. The number of amides is 1. The van der Waals surface area contributed by atoms with Gasteiger partial charge in [0.05, 0.1) is 11.4 Å². The zero-order valence-corrected chi connectivity index (χ0v) is 19.7. The highest BCUT2D eigenvalue weighted by molar-refractivity contribution is 6.31. The molecule has 1 N–H and O–H groups in total. The summed E-state index contributed by atoms with van der Waals surface area (Å²) in [6.07, 6.45) is 1.57. The fourth-order valence-electron chi connectivity index (χ4n) is 3.33. The second-order valence-corrected chi connectivity index (χ2v) is 8.43. The summed E-state index contributed by atoms with van der Waals surface area (Å²) in [7, 11) is 0. The highest BCUT2D eigenvalue weighted by Gasteiger charge is 2.13. The van der Waals surface area contributed by atoms with Crippen LogP contribution in [0.25, 0.3) is 5.78 Å². The third kappa shape index (κ3) is 5.37. The molecule has 0 atom stereocenters. The van der Waals surface area contributed by atoms with E-state index in [1.807, 2.05) is 39.0 Å². The number of ether oxygens (including phenoxy) is 2. The van der Waals surface area contributed by atoms with Crippen LogP contribution in [0.15, 0.2) is 59.7 Å². The van der Waals surface area contributed by atoms with Gasteiger partial charge in [-0.15, -0.1) is 0 Å². The van der Waals surface area contributed by atoms with Crippen LogP contribution in [-0.2, 0) is 11.4 Å². The van der Waals surface area contributed by atoms with Gasteiger partial charge in [-0.2, -0.15) is 9.50 Å². The van der Waals surface area contributed by atoms with Gasteiger partial charge in [-0.05, 0) is 56.7 Å². The quantitative estimate of drug-likeness (QED) is 0.408. The second-order valence-electron chi connectivity index (χ2n) is 8.00. The summed E-state index contributed by atoms with van der Waals surface area (Å²) >= 11 is 6.12. The topological polar surface area (TPSA) is 99.7 Å². The Morgan fingerprint density at radius 3 is 2.74 bits per heavy atom. The van der Waals surface area contributed by atoms with Crippen molar-refractivity contribution >= 4 is 29.0 Å². The van der Waals surface area contributed by atoms with Crippen molar-refractivity contribution in [3.63, 3.8) is 0 Å². The molecule has 176 valence electrons. The van der Waals surface area contributed by atoms with Crippen molar-refractivity contribution in [2.45, 2.75) is 33.4 Å². The highest BCUT2D eigenvalue weighted by atomic mass is 35.5. The molecule has 10 heteroatoms. The largest absolute Gasteiger partial charge is 0.485 e. The van der Waals surface area contributed by atoms with Gasteiger partial charge in [0.15, 0.2) is 6.61 Å². The Kier molecular flexibility index (Phi) is 6.83. The van der Waals surface area contributed by atoms with Gasteiger partial charge in [-0.25, -0.2) is 4.98 Å². The number of aryl methyl sites for hydroxylation is 1. The van der Waals surface area contributed by atoms with E-state index in [0.717, 1.165) is 5.56 Å². The molecule has 0 saturated carbocycles. The third-order valence-corrected chi connectivity index (χ3v) is 5.17. The molecule has 0 aliphatic heterocycles. The van der Waals surface area contributed by atoms with Crippen molar-refractivity contribution in [3.8, 4) is 11.5 Å². The van der Waals surface area contributed by atoms with E-state index in [0.29, 0.717) is 27.9 Å². The lowest BCUT2D eigenvalue weighted by Gasteiger charge is -2.14. The minimum Gasteiger partial charge on any atom is -0.485 e. The van der Waals surface area contributed by atoms with Gasteiger partial charge in [0, 0.05) is 17.1 Å². The first kappa shape index (κ1) is 23.3. The number of nitrogens with one attached hydrogen (secondary N) is 1. The van der Waals surface area contributed by atoms with Crippen LogP contribution in [0.5, 0.6) is 11.5 Å². The summed E-state index contributed by atoms with van der Waals surface area (Å²) in [6.45, 7) is 5.67. The monoisotopic (exact) mass is 481 g/mol. The fourth-order valence-corrected chi connectivity index (χ4v) is 3.50. The number of carbonyl (C=O) groups excluding carboxylic acids is 1. The van der Waals surface area contributed by atoms with Gasteiger partial charge in [-0.1, -0.05) is 23.7 Å². The Balaban J connectivity index is 1.46. The van der Waals surface area contributed by atoms with Crippen LogP contribution in [-0.4, -0.2) is 31.7 Å². The summed E-state index contributed by atoms with van der Waals surface area (Å²) in [4.78, 5) is 33.6. The van der Waals surface area contributed by atoms with E-state index in [-0.39, 0.29) is 36.5 Å². The molecule has 9 nitrogen and oxygen atoms in total. The number of nitrogens with zero attached hydrogens (tertiary/aromatic N) is 4. The van der Waals surface area contributed by atoms with E-state index in [2.05, 4.69) is 15.3 Å².